The van der Waals surface area contributed by atoms with Crippen molar-refractivity contribution in [3.63, 3.8) is 0 Å². The zero-order valence-electron chi connectivity index (χ0n) is 9.68. The standard InChI is InChI=1S/C14H23F/c15-4-2-1-3-14-8-11-5-12(9-14)7-13(6-11)10-14/h11-13H,1-10H2. The van der Waals surface area contributed by atoms with E-state index < -0.39 is 0 Å². The van der Waals surface area contributed by atoms with Crippen molar-refractivity contribution in [2.24, 2.45) is 23.2 Å². The average Bonchev–Trinajstić information content (AvgIpc) is 2.15. The molecular weight excluding hydrogens is 187 g/mol. The Balaban J connectivity index is 1.65. The molecule has 0 spiro atoms. The summed E-state index contributed by atoms with van der Waals surface area (Å²) in [7, 11) is 0. The molecular formula is C14H23F. The van der Waals surface area contributed by atoms with Gasteiger partial charge in [-0.15, -0.1) is 0 Å². The van der Waals surface area contributed by atoms with E-state index in [9.17, 15) is 4.39 Å². The van der Waals surface area contributed by atoms with Crippen molar-refractivity contribution in [3.05, 3.63) is 0 Å². The third kappa shape index (κ3) is 1.83. The molecule has 4 fully saturated rings. The predicted molar refractivity (Wildman–Crippen MR) is 60.4 cm³/mol. The van der Waals surface area contributed by atoms with Crippen LogP contribution in [0.1, 0.15) is 57.8 Å². The van der Waals surface area contributed by atoms with Crippen LogP contribution in [0.25, 0.3) is 0 Å². The van der Waals surface area contributed by atoms with Crippen molar-refractivity contribution < 1.29 is 4.39 Å². The summed E-state index contributed by atoms with van der Waals surface area (Å²) < 4.78 is 12.2. The fraction of sp³-hybridized carbons (Fsp3) is 1.00. The maximum Gasteiger partial charge on any atom is 0.0894 e. The van der Waals surface area contributed by atoms with Gasteiger partial charge in [0.15, 0.2) is 0 Å². The summed E-state index contributed by atoms with van der Waals surface area (Å²) >= 11 is 0. The van der Waals surface area contributed by atoms with Crippen LogP contribution in [-0.2, 0) is 0 Å². The minimum atomic E-state index is -0.105. The monoisotopic (exact) mass is 210 g/mol. The second-order valence-corrected chi connectivity index (χ2v) is 6.56. The van der Waals surface area contributed by atoms with E-state index in [1.807, 2.05) is 0 Å². The largest absolute Gasteiger partial charge is 0.251 e. The van der Waals surface area contributed by atoms with Crippen LogP contribution in [0.2, 0.25) is 0 Å². The fourth-order valence-electron chi connectivity index (χ4n) is 5.19. The Morgan fingerprint density at radius 1 is 0.867 bits per heavy atom. The quantitative estimate of drug-likeness (QED) is 0.605. The van der Waals surface area contributed by atoms with E-state index in [4.69, 9.17) is 0 Å². The van der Waals surface area contributed by atoms with Crippen LogP contribution < -0.4 is 0 Å². The summed E-state index contributed by atoms with van der Waals surface area (Å²) in [4.78, 5) is 0. The maximum atomic E-state index is 12.2. The summed E-state index contributed by atoms with van der Waals surface area (Å²) in [5.41, 5.74) is 0.684. The molecule has 4 bridgehead atoms. The maximum absolute atomic E-state index is 12.2. The molecule has 0 saturated heterocycles. The Labute approximate surface area is 92.6 Å². The third-order valence-corrected chi connectivity index (χ3v) is 5.26. The normalized spacial score (nSPS) is 47.4. The van der Waals surface area contributed by atoms with Gasteiger partial charge in [0.1, 0.15) is 0 Å². The molecule has 0 heterocycles. The van der Waals surface area contributed by atoms with Gasteiger partial charge in [-0.3, -0.25) is 4.39 Å². The number of hydrogen-bond donors (Lipinski definition) is 0. The molecule has 0 aromatic rings. The summed E-state index contributed by atoms with van der Waals surface area (Å²) in [6.07, 6.45) is 12.3. The lowest BCUT2D eigenvalue weighted by Gasteiger charge is -2.57. The first kappa shape index (κ1) is 10.1. The van der Waals surface area contributed by atoms with Crippen molar-refractivity contribution >= 4 is 0 Å². The molecule has 4 rings (SSSR count). The smallest absolute Gasteiger partial charge is 0.0894 e. The minimum absolute atomic E-state index is 0.105. The molecule has 4 saturated carbocycles. The lowest BCUT2D eigenvalue weighted by molar-refractivity contribution is -0.0584. The van der Waals surface area contributed by atoms with E-state index in [-0.39, 0.29) is 6.67 Å². The van der Waals surface area contributed by atoms with E-state index in [2.05, 4.69) is 0 Å². The fourth-order valence-corrected chi connectivity index (χ4v) is 5.19. The molecule has 15 heavy (non-hydrogen) atoms. The lowest BCUT2D eigenvalue weighted by atomic mass is 9.48. The zero-order chi connectivity index (χ0) is 10.3. The molecule has 4 aliphatic rings. The average molecular weight is 210 g/mol. The van der Waals surface area contributed by atoms with Gasteiger partial charge in [0, 0.05) is 0 Å². The van der Waals surface area contributed by atoms with Gasteiger partial charge in [-0.25, -0.2) is 0 Å². The van der Waals surface area contributed by atoms with Gasteiger partial charge >= 0.3 is 0 Å². The Morgan fingerprint density at radius 2 is 1.40 bits per heavy atom. The Kier molecular flexibility index (Phi) is 2.52. The first-order valence-electron chi connectivity index (χ1n) is 6.86. The molecule has 0 N–H and O–H groups in total. The molecule has 86 valence electrons. The van der Waals surface area contributed by atoms with Gasteiger partial charge in [-0.05, 0) is 74.5 Å². The summed E-state index contributed by atoms with van der Waals surface area (Å²) in [5, 5.41) is 0. The van der Waals surface area contributed by atoms with Crippen molar-refractivity contribution in [1.82, 2.24) is 0 Å². The number of rotatable bonds is 4. The van der Waals surface area contributed by atoms with Gasteiger partial charge in [-0.1, -0.05) is 6.42 Å². The van der Waals surface area contributed by atoms with Gasteiger partial charge in [-0.2, -0.15) is 0 Å². The van der Waals surface area contributed by atoms with Crippen LogP contribution in [0.3, 0.4) is 0 Å². The van der Waals surface area contributed by atoms with Crippen LogP contribution in [0.15, 0.2) is 0 Å². The van der Waals surface area contributed by atoms with Gasteiger partial charge in [0.2, 0.25) is 0 Å². The van der Waals surface area contributed by atoms with Gasteiger partial charge in [0.05, 0.1) is 6.67 Å². The Bertz CT molecular complexity index is 198. The summed E-state index contributed by atoms with van der Waals surface area (Å²) in [5.74, 6) is 3.17. The highest BCUT2D eigenvalue weighted by Gasteiger charge is 2.50. The van der Waals surface area contributed by atoms with Gasteiger partial charge < -0.3 is 0 Å². The SMILES string of the molecule is FCCCCC12CC3CC(CC(C3)C1)C2. The Hall–Kier alpha value is -0.0700. The molecule has 0 amide bonds. The number of hydrogen-bond acceptors (Lipinski definition) is 0. The van der Waals surface area contributed by atoms with E-state index in [0.29, 0.717) is 5.41 Å². The molecule has 0 atom stereocenters. The minimum Gasteiger partial charge on any atom is -0.251 e. The van der Waals surface area contributed by atoms with Gasteiger partial charge in [0.25, 0.3) is 0 Å². The van der Waals surface area contributed by atoms with E-state index in [1.54, 1.807) is 0 Å². The second kappa shape index (κ2) is 3.75. The van der Waals surface area contributed by atoms with E-state index in [0.717, 1.165) is 30.6 Å². The highest BCUT2D eigenvalue weighted by atomic mass is 19.1. The zero-order valence-corrected chi connectivity index (χ0v) is 9.68. The number of halogens is 1. The Morgan fingerprint density at radius 3 is 1.87 bits per heavy atom. The van der Waals surface area contributed by atoms with Crippen molar-refractivity contribution in [3.8, 4) is 0 Å². The van der Waals surface area contributed by atoms with Crippen molar-refractivity contribution in [2.45, 2.75) is 57.8 Å². The van der Waals surface area contributed by atoms with E-state index in [1.165, 1.54) is 44.9 Å². The van der Waals surface area contributed by atoms with Crippen LogP contribution in [0.4, 0.5) is 4.39 Å². The topological polar surface area (TPSA) is 0 Å². The number of unbranched alkanes of at least 4 members (excludes halogenated alkanes) is 1. The highest BCUT2D eigenvalue weighted by Crippen LogP contribution is 2.61. The molecule has 0 unspecified atom stereocenters. The first-order chi connectivity index (χ1) is 7.30. The molecule has 1 heteroatoms. The predicted octanol–water partition coefficient (Wildman–Crippen LogP) is 4.34. The van der Waals surface area contributed by atoms with Crippen LogP contribution in [-0.4, -0.2) is 6.67 Å². The molecule has 0 aromatic carbocycles. The molecule has 4 aliphatic carbocycles. The lowest BCUT2D eigenvalue weighted by Crippen LogP contribution is -2.45. The first-order valence-corrected chi connectivity index (χ1v) is 6.86. The van der Waals surface area contributed by atoms with Crippen LogP contribution in [0, 0.1) is 23.2 Å². The van der Waals surface area contributed by atoms with Crippen LogP contribution in [0.5, 0.6) is 0 Å². The molecule has 0 radical (unpaired) electrons. The van der Waals surface area contributed by atoms with Crippen LogP contribution >= 0.6 is 0 Å². The molecule has 0 nitrogen and oxygen atoms in total. The highest BCUT2D eigenvalue weighted by molar-refractivity contribution is 5.01. The second-order valence-electron chi connectivity index (χ2n) is 6.56. The summed E-state index contributed by atoms with van der Waals surface area (Å²) in [6.45, 7) is -0.105. The number of alkyl halides is 1. The van der Waals surface area contributed by atoms with Crippen molar-refractivity contribution in [2.75, 3.05) is 6.67 Å². The van der Waals surface area contributed by atoms with E-state index >= 15 is 0 Å². The summed E-state index contributed by atoms with van der Waals surface area (Å²) in [6, 6.07) is 0. The molecule has 0 aliphatic heterocycles. The third-order valence-electron chi connectivity index (χ3n) is 5.26. The van der Waals surface area contributed by atoms with Crippen molar-refractivity contribution in [1.29, 1.82) is 0 Å². The molecule has 0 aromatic heterocycles.